The van der Waals surface area contributed by atoms with Gasteiger partial charge in [-0.1, -0.05) is 18.2 Å². The molecule has 1 aromatic carbocycles. The maximum Gasteiger partial charge on any atom is 0.330 e. The third-order valence-electron chi connectivity index (χ3n) is 3.93. The van der Waals surface area contributed by atoms with Crippen molar-refractivity contribution in [3.8, 4) is 0 Å². The van der Waals surface area contributed by atoms with Crippen molar-refractivity contribution in [3.63, 3.8) is 0 Å². The van der Waals surface area contributed by atoms with Crippen LogP contribution < -0.4 is 5.32 Å². The van der Waals surface area contributed by atoms with Gasteiger partial charge in [0, 0.05) is 24.8 Å². The zero-order chi connectivity index (χ0) is 12.6. The van der Waals surface area contributed by atoms with E-state index in [0.717, 1.165) is 12.2 Å². The Morgan fingerprint density at radius 2 is 2.06 bits per heavy atom. The minimum atomic E-state index is -0.816. The minimum Gasteiger partial charge on any atom is -0.479 e. The normalized spacial score (nSPS) is 28.2. The molecule has 1 unspecified atom stereocenters. The largest absolute Gasteiger partial charge is 0.479 e. The number of benzene rings is 1. The van der Waals surface area contributed by atoms with Gasteiger partial charge < -0.3 is 10.4 Å². The van der Waals surface area contributed by atoms with E-state index in [1.54, 1.807) is 0 Å². The highest BCUT2D eigenvalue weighted by atomic mass is 16.4. The standard InChI is InChI=1S/C14H18N2O2/c17-13(18)14(15-11-4-2-1-3-5-11)8-9-16(10-14)12-6-7-12/h1-5,12,15H,6-10H2,(H,17,18). The Morgan fingerprint density at radius 3 is 2.67 bits per heavy atom. The summed E-state index contributed by atoms with van der Waals surface area (Å²) in [5, 5.41) is 12.8. The van der Waals surface area contributed by atoms with E-state index in [9.17, 15) is 9.90 Å². The molecule has 1 heterocycles. The van der Waals surface area contributed by atoms with Gasteiger partial charge in [0.15, 0.2) is 0 Å². The second-order valence-corrected chi connectivity index (χ2v) is 5.33. The molecule has 4 heteroatoms. The summed E-state index contributed by atoms with van der Waals surface area (Å²) in [7, 11) is 0. The van der Waals surface area contributed by atoms with E-state index in [-0.39, 0.29) is 0 Å². The lowest BCUT2D eigenvalue weighted by Crippen LogP contribution is -2.49. The molecule has 3 rings (SSSR count). The monoisotopic (exact) mass is 246 g/mol. The molecular formula is C14H18N2O2. The molecule has 1 atom stereocenters. The van der Waals surface area contributed by atoms with E-state index in [4.69, 9.17) is 0 Å². The van der Waals surface area contributed by atoms with Crippen LogP contribution in [-0.2, 0) is 4.79 Å². The lowest BCUT2D eigenvalue weighted by molar-refractivity contribution is -0.141. The number of carbonyl (C=O) groups is 1. The third-order valence-corrected chi connectivity index (χ3v) is 3.93. The zero-order valence-corrected chi connectivity index (χ0v) is 10.3. The second kappa shape index (κ2) is 4.28. The first-order valence-corrected chi connectivity index (χ1v) is 6.50. The van der Waals surface area contributed by atoms with Crippen LogP contribution in [0.5, 0.6) is 0 Å². The van der Waals surface area contributed by atoms with Crippen LogP contribution in [0.1, 0.15) is 19.3 Å². The van der Waals surface area contributed by atoms with Crippen molar-refractivity contribution in [1.82, 2.24) is 4.90 Å². The highest BCUT2D eigenvalue weighted by Crippen LogP contribution is 2.35. The van der Waals surface area contributed by atoms with Crippen LogP contribution in [0.4, 0.5) is 5.69 Å². The van der Waals surface area contributed by atoms with E-state index in [0.29, 0.717) is 19.0 Å². The van der Waals surface area contributed by atoms with Crippen LogP contribution in [-0.4, -0.2) is 40.6 Å². The Morgan fingerprint density at radius 1 is 1.33 bits per heavy atom. The fourth-order valence-electron chi connectivity index (χ4n) is 2.72. The van der Waals surface area contributed by atoms with Crippen LogP contribution in [0.15, 0.2) is 30.3 Å². The molecule has 0 spiro atoms. The molecule has 1 saturated carbocycles. The number of hydrogen-bond acceptors (Lipinski definition) is 3. The second-order valence-electron chi connectivity index (χ2n) is 5.33. The summed E-state index contributed by atoms with van der Waals surface area (Å²) in [6.07, 6.45) is 3.12. The molecule has 96 valence electrons. The molecule has 0 aromatic heterocycles. The highest BCUT2D eigenvalue weighted by Gasteiger charge is 2.48. The lowest BCUT2D eigenvalue weighted by atomic mass is 9.98. The van der Waals surface area contributed by atoms with Gasteiger partial charge in [0.2, 0.25) is 0 Å². The first kappa shape index (κ1) is 11.5. The first-order chi connectivity index (χ1) is 8.70. The number of anilines is 1. The van der Waals surface area contributed by atoms with E-state index >= 15 is 0 Å². The van der Waals surface area contributed by atoms with Gasteiger partial charge in [-0.2, -0.15) is 0 Å². The predicted octanol–water partition coefficient (Wildman–Crippen LogP) is 1.79. The molecule has 0 bridgehead atoms. The van der Waals surface area contributed by atoms with E-state index in [2.05, 4.69) is 10.2 Å². The Labute approximate surface area is 107 Å². The number of carboxylic acid groups (broad SMARTS) is 1. The van der Waals surface area contributed by atoms with Crippen LogP contribution in [0, 0.1) is 0 Å². The molecule has 2 N–H and O–H groups in total. The topological polar surface area (TPSA) is 52.6 Å². The molecule has 4 nitrogen and oxygen atoms in total. The molecule has 1 aliphatic heterocycles. The van der Waals surface area contributed by atoms with Crippen molar-refractivity contribution >= 4 is 11.7 Å². The number of rotatable bonds is 4. The smallest absolute Gasteiger partial charge is 0.330 e. The lowest BCUT2D eigenvalue weighted by Gasteiger charge is -2.27. The van der Waals surface area contributed by atoms with E-state index < -0.39 is 11.5 Å². The maximum atomic E-state index is 11.6. The quantitative estimate of drug-likeness (QED) is 0.850. The number of carboxylic acids is 1. The molecule has 0 amide bonds. The van der Waals surface area contributed by atoms with Gasteiger partial charge in [-0.15, -0.1) is 0 Å². The van der Waals surface area contributed by atoms with Crippen molar-refractivity contribution in [2.24, 2.45) is 0 Å². The summed E-state index contributed by atoms with van der Waals surface area (Å²) in [6.45, 7) is 1.50. The molecule has 2 fully saturated rings. The van der Waals surface area contributed by atoms with Gasteiger partial charge in [0.05, 0.1) is 0 Å². The Hall–Kier alpha value is -1.55. The van der Waals surface area contributed by atoms with Gasteiger partial charge in [-0.25, -0.2) is 4.79 Å². The van der Waals surface area contributed by atoms with Gasteiger partial charge in [0.25, 0.3) is 0 Å². The molecule has 1 aromatic rings. The molecule has 1 saturated heterocycles. The Kier molecular flexibility index (Phi) is 2.74. The summed E-state index contributed by atoms with van der Waals surface area (Å²) in [5.41, 5.74) is 0.0711. The molecular weight excluding hydrogens is 228 g/mol. The molecule has 2 aliphatic rings. The van der Waals surface area contributed by atoms with Gasteiger partial charge in [-0.3, -0.25) is 4.90 Å². The summed E-state index contributed by atoms with van der Waals surface area (Å²) >= 11 is 0. The summed E-state index contributed by atoms with van der Waals surface area (Å²) in [6, 6.07) is 10.2. The SMILES string of the molecule is O=C(O)C1(Nc2ccccc2)CCN(C2CC2)C1. The number of nitrogens with one attached hydrogen (secondary N) is 1. The summed E-state index contributed by atoms with van der Waals surface area (Å²) in [4.78, 5) is 13.9. The van der Waals surface area contributed by atoms with Crippen LogP contribution in [0.2, 0.25) is 0 Å². The minimum absolute atomic E-state index is 0.613. The molecule has 18 heavy (non-hydrogen) atoms. The molecule has 0 radical (unpaired) electrons. The molecule has 1 aliphatic carbocycles. The van der Waals surface area contributed by atoms with Crippen molar-refractivity contribution < 1.29 is 9.90 Å². The van der Waals surface area contributed by atoms with Gasteiger partial charge >= 0.3 is 5.97 Å². The average Bonchev–Trinajstić information content (AvgIpc) is 3.13. The summed E-state index contributed by atoms with van der Waals surface area (Å²) in [5.74, 6) is -0.741. The van der Waals surface area contributed by atoms with Crippen LogP contribution in [0.25, 0.3) is 0 Å². The number of likely N-dealkylation sites (tertiary alicyclic amines) is 1. The highest BCUT2D eigenvalue weighted by molar-refractivity contribution is 5.83. The fraction of sp³-hybridized carbons (Fsp3) is 0.500. The van der Waals surface area contributed by atoms with Crippen LogP contribution >= 0.6 is 0 Å². The van der Waals surface area contributed by atoms with Crippen LogP contribution in [0.3, 0.4) is 0 Å². The first-order valence-electron chi connectivity index (χ1n) is 6.50. The van der Waals surface area contributed by atoms with Crippen molar-refractivity contribution in [3.05, 3.63) is 30.3 Å². The number of nitrogens with zero attached hydrogens (tertiary/aromatic N) is 1. The van der Waals surface area contributed by atoms with Gasteiger partial charge in [-0.05, 0) is 31.4 Å². The number of aliphatic carboxylic acids is 1. The number of para-hydroxylation sites is 1. The van der Waals surface area contributed by atoms with Gasteiger partial charge in [0.1, 0.15) is 5.54 Å². The van der Waals surface area contributed by atoms with E-state index in [1.165, 1.54) is 12.8 Å². The van der Waals surface area contributed by atoms with Crippen molar-refractivity contribution in [2.75, 3.05) is 18.4 Å². The Bertz CT molecular complexity index is 444. The maximum absolute atomic E-state index is 11.6. The third kappa shape index (κ3) is 2.08. The summed E-state index contributed by atoms with van der Waals surface area (Å²) < 4.78 is 0. The van der Waals surface area contributed by atoms with E-state index in [1.807, 2.05) is 30.3 Å². The van der Waals surface area contributed by atoms with Crippen molar-refractivity contribution in [1.29, 1.82) is 0 Å². The number of hydrogen-bond donors (Lipinski definition) is 2. The van der Waals surface area contributed by atoms with Crippen molar-refractivity contribution in [2.45, 2.75) is 30.8 Å². The Balaban J connectivity index is 1.78. The zero-order valence-electron chi connectivity index (χ0n) is 10.3. The average molecular weight is 246 g/mol. The predicted molar refractivity (Wildman–Crippen MR) is 69.6 cm³/mol. The fourth-order valence-corrected chi connectivity index (χ4v) is 2.72.